The number of amides is 1. The van der Waals surface area contributed by atoms with Crippen molar-refractivity contribution in [3.05, 3.63) is 39.9 Å². The number of aryl methyl sites for hydroxylation is 2. The third kappa shape index (κ3) is 4.99. The minimum Gasteiger partial charge on any atom is -0.374 e. The highest BCUT2D eigenvalue weighted by molar-refractivity contribution is 7.99. The van der Waals surface area contributed by atoms with Crippen LogP contribution < -0.4 is 11.1 Å². The maximum atomic E-state index is 12.0. The molecule has 1 aromatic carbocycles. The van der Waals surface area contributed by atoms with Crippen LogP contribution in [0.25, 0.3) is 0 Å². The van der Waals surface area contributed by atoms with Gasteiger partial charge in [-0.1, -0.05) is 40.7 Å². The fraction of sp³-hybridized carbons (Fsp3) is 0.400. The van der Waals surface area contributed by atoms with Gasteiger partial charge in [0.1, 0.15) is 5.01 Å². The molecule has 0 saturated heterocycles. The summed E-state index contributed by atoms with van der Waals surface area (Å²) in [4.78, 5) is 12.0. The van der Waals surface area contributed by atoms with Crippen molar-refractivity contribution in [3.63, 3.8) is 0 Å². The maximum absolute atomic E-state index is 12.0. The van der Waals surface area contributed by atoms with Crippen molar-refractivity contribution in [1.82, 2.24) is 15.5 Å². The highest BCUT2D eigenvalue weighted by atomic mass is 32.2. The highest BCUT2D eigenvalue weighted by Gasteiger charge is 2.13. The van der Waals surface area contributed by atoms with Crippen LogP contribution in [-0.4, -0.2) is 21.9 Å². The van der Waals surface area contributed by atoms with Crippen LogP contribution in [0.1, 0.15) is 34.7 Å². The van der Waals surface area contributed by atoms with Crippen LogP contribution in [-0.2, 0) is 10.5 Å². The lowest BCUT2D eigenvalue weighted by Gasteiger charge is -2.10. The number of thioether (sulfide) groups is 1. The van der Waals surface area contributed by atoms with Gasteiger partial charge in [-0.05, 0) is 26.3 Å². The second-order valence-electron chi connectivity index (χ2n) is 5.26. The number of aromatic nitrogens is 2. The molecule has 0 bridgehead atoms. The Morgan fingerprint density at radius 3 is 2.59 bits per heavy atom. The number of hydrogen-bond acceptors (Lipinski definition) is 6. The number of nitrogens with two attached hydrogens (primary N) is 1. The number of nitrogens with one attached hydrogen (secondary N) is 1. The topological polar surface area (TPSA) is 80.9 Å². The van der Waals surface area contributed by atoms with Crippen molar-refractivity contribution in [3.8, 4) is 0 Å². The number of nitrogen functional groups attached to an aromatic ring is 1. The first-order valence-electron chi connectivity index (χ1n) is 6.97. The van der Waals surface area contributed by atoms with E-state index in [1.807, 2.05) is 6.92 Å². The Hall–Kier alpha value is -1.60. The molecule has 0 radical (unpaired) electrons. The Labute approximate surface area is 138 Å². The summed E-state index contributed by atoms with van der Waals surface area (Å²) in [5.74, 6) is 1.25. The zero-order chi connectivity index (χ0) is 16.1. The van der Waals surface area contributed by atoms with Gasteiger partial charge >= 0.3 is 0 Å². The number of benzene rings is 1. The number of anilines is 1. The third-order valence-electron chi connectivity index (χ3n) is 2.99. The molecule has 0 spiro atoms. The van der Waals surface area contributed by atoms with Gasteiger partial charge in [0.2, 0.25) is 11.0 Å². The van der Waals surface area contributed by atoms with Crippen LogP contribution >= 0.6 is 23.1 Å². The first kappa shape index (κ1) is 16.8. The molecule has 0 aliphatic rings. The molecule has 1 amide bonds. The molecule has 1 aromatic heterocycles. The number of carbonyl (C=O) groups is 1. The maximum Gasteiger partial charge on any atom is 0.230 e. The molecule has 0 saturated carbocycles. The molecule has 1 unspecified atom stereocenters. The molecule has 2 rings (SSSR count). The monoisotopic (exact) mass is 336 g/mol. The van der Waals surface area contributed by atoms with E-state index >= 15 is 0 Å². The third-order valence-corrected chi connectivity index (χ3v) is 4.93. The van der Waals surface area contributed by atoms with E-state index in [2.05, 4.69) is 47.6 Å². The average molecular weight is 336 g/mol. The molecule has 3 N–H and O–H groups in total. The molecule has 118 valence electrons. The molecule has 22 heavy (non-hydrogen) atoms. The van der Waals surface area contributed by atoms with Crippen molar-refractivity contribution in [2.75, 3.05) is 11.5 Å². The largest absolute Gasteiger partial charge is 0.374 e. The zero-order valence-electron chi connectivity index (χ0n) is 12.9. The number of hydrogen-bond donors (Lipinski definition) is 2. The number of rotatable bonds is 6. The van der Waals surface area contributed by atoms with Gasteiger partial charge in [-0.25, -0.2) is 0 Å². The second kappa shape index (κ2) is 7.60. The molecule has 5 nitrogen and oxygen atoms in total. The predicted octanol–water partition coefficient (Wildman–Crippen LogP) is 2.85. The van der Waals surface area contributed by atoms with Crippen molar-refractivity contribution in [1.29, 1.82) is 0 Å². The van der Waals surface area contributed by atoms with Crippen LogP contribution in [0.3, 0.4) is 0 Å². The van der Waals surface area contributed by atoms with Crippen LogP contribution in [0.4, 0.5) is 5.13 Å². The van der Waals surface area contributed by atoms with Gasteiger partial charge < -0.3 is 11.1 Å². The van der Waals surface area contributed by atoms with Crippen molar-refractivity contribution in [2.45, 2.75) is 32.6 Å². The fourth-order valence-electron chi connectivity index (χ4n) is 2.18. The molecule has 1 heterocycles. The van der Waals surface area contributed by atoms with Gasteiger partial charge in [-0.15, -0.1) is 22.0 Å². The van der Waals surface area contributed by atoms with Crippen molar-refractivity contribution in [2.24, 2.45) is 0 Å². The van der Waals surface area contributed by atoms with Crippen LogP contribution in [0.2, 0.25) is 0 Å². The summed E-state index contributed by atoms with van der Waals surface area (Å²) in [7, 11) is 0. The summed E-state index contributed by atoms with van der Waals surface area (Å²) in [6.45, 7) is 6.05. The van der Waals surface area contributed by atoms with E-state index in [0.29, 0.717) is 10.9 Å². The van der Waals surface area contributed by atoms with E-state index in [1.54, 1.807) is 11.8 Å². The first-order valence-corrected chi connectivity index (χ1v) is 8.94. The van der Waals surface area contributed by atoms with Gasteiger partial charge in [0.15, 0.2) is 0 Å². The van der Waals surface area contributed by atoms with Gasteiger partial charge in [-0.3, -0.25) is 4.79 Å². The Bertz CT molecular complexity index is 636. The molecule has 0 fully saturated rings. The van der Waals surface area contributed by atoms with Gasteiger partial charge in [0, 0.05) is 5.75 Å². The van der Waals surface area contributed by atoms with E-state index in [1.165, 1.54) is 28.0 Å². The number of nitrogens with zero attached hydrogens (tertiary/aromatic N) is 2. The molecular formula is C15H20N4OS2. The van der Waals surface area contributed by atoms with E-state index in [4.69, 9.17) is 5.73 Å². The van der Waals surface area contributed by atoms with Crippen molar-refractivity contribution < 1.29 is 4.79 Å². The van der Waals surface area contributed by atoms with Crippen LogP contribution in [0.15, 0.2) is 18.2 Å². The molecule has 7 heteroatoms. The predicted molar refractivity (Wildman–Crippen MR) is 93.0 cm³/mol. The van der Waals surface area contributed by atoms with Crippen molar-refractivity contribution >= 4 is 34.1 Å². The summed E-state index contributed by atoms with van der Waals surface area (Å²) >= 11 is 2.90. The summed E-state index contributed by atoms with van der Waals surface area (Å²) in [5, 5.41) is 11.7. The fourth-order valence-corrected chi connectivity index (χ4v) is 3.57. The molecule has 1 atom stereocenters. The second-order valence-corrected chi connectivity index (χ2v) is 7.28. The van der Waals surface area contributed by atoms with E-state index < -0.39 is 0 Å². The van der Waals surface area contributed by atoms with Gasteiger partial charge in [-0.2, -0.15) is 0 Å². The van der Waals surface area contributed by atoms with Crippen LogP contribution in [0, 0.1) is 13.8 Å². The Morgan fingerprint density at radius 1 is 1.32 bits per heavy atom. The molecule has 0 aliphatic heterocycles. The Morgan fingerprint density at radius 2 is 2.00 bits per heavy atom. The normalized spacial score (nSPS) is 12.1. The van der Waals surface area contributed by atoms with E-state index in [-0.39, 0.29) is 11.9 Å². The molecule has 2 aromatic rings. The Kier molecular flexibility index (Phi) is 5.79. The molecule has 0 aliphatic carbocycles. The van der Waals surface area contributed by atoms with E-state index in [9.17, 15) is 4.79 Å². The van der Waals surface area contributed by atoms with Gasteiger partial charge in [0.05, 0.1) is 11.8 Å². The summed E-state index contributed by atoms with van der Waals surface area (Å²) in [5.41, 5.74) is 9.30. The lowest BCUT2D eigenvalue weighted by molar-refractivity contribution is -0.119. The SMILES string of the molecule is Cc1cc(C)cc(CSCC(=O)NC(C)c2nnc(N)s2)c1. The summed E-state index contributed by atoms with van der Waals surface area (Å²) < 4.78 is 0. The molecular weight excluding hydrogens is 316 g/mol. The smallest absolute Gasteiger partial charge is 0.230 e. The standard InChI is InChI=1S/C15H20N4OS2/c1-9-4-10(2)6-12(5-9)7-21-8-13(20)17-11(3)14-18-19-15(16)22-14/h4-6,11H,7-8H2,1-3H3,(H2,16,19)(H,17,20). The highest BCUT2D eigenvalue weighted by Crippen LogP contribution is 2.19. The minimum absolute atomic E-state index is 0.00403. The summed E-state index contributed by atoms with van der Waals surface area (Å²) in [6.07, 6.45) is 0. The lowest BCUT2D eigenvalue weighted by Crippen LogP contribution is -2.28. The first-order chi connectivity index (χ1) is 10.4. The number of carbonyl (C=O) groups excluding carboxylic acids is 1. The average Bonchev–Trinajstić information content (AvgIpc) is 2.84. The lowest BCUT2D eigenvalue weighted by atomic mass is 10.1. The van der Waals surface area contributed by atoms with Crippen LogP contribution in [0.5, 0.6) is 0 Å². The van der Waals surface area contributed by atoms with Gasteiger partial charge in [0.25, 0.3) is 0 Å². The Balaban J connectivity index is 1.78. The van der Waals surface area contributed by atoms with E-state index in [0.717, 1.165) is 10.8 Å². The minimum atomic E-state index is -0.163. The zero-order valence-corrected chi connectivity index (χ0v) is 14.6. The quantitative estimate of drug-likeness (QED) is 0.848. The summed E-state index contributed by atoms with van der Waals surface area (Å²) in [6, 6.07) is 6.30.